The van der Waals surface area contributed by atoms with Crippen molar-refractivity contribution in [1.29, 1.82) is 0 Å². The number of thioether (sulfide) groups is 1. The van der Waals surface area contributed by atoms with Gasteiger partial charge in [0.2, 0.25) is 5.91 Å². The molecule has 1 heterocycles. The predicted molar refractivity (Wildman–Crippen MR) is 113 cm³/mol. The van der Waals surface area contributed by atoms with Gasteiger partial charge in [0.25, 0.3) is 0 Å². The molecule has 3 rings (SSSR count). The van der Waals surface area contributed by atoms with E-state index >= 15 is 0 Å². The number of imidazole rings is 1. The topological polar surface area (TPSA) is 56.1 Å². The summed E-state index contributed by atoms with van der Waals surface area (Å²) in [4.78, 5) is 17.1. The highest BCUT2D eigenvalue weighted by Crippen LogP contribution is 2.27. The molecule has 1 N–H and O–H groups in total. The van der Waals surface area contributed by atoms with Crippen molar-refractivity contribution >= 4 is 17.7 Å². The highest BCUT2D eigenvalue weighted by Gasteiger charge is 2.18. The van der Waals surface area contributed by atoms with E-state index in [0.717, 1.165) is 22.2 Å². The van der Waals surface area contributed by atoms with Crippen molar-refractivity contribution < 1.29 is 9.53 Å². The first-order valence-corrected chi connectivity index (χ1v) is 10.0. The number of nitrogens with zero attached hydrogens (tertiary/aromatic N) is 2. The van der Waals surface area contributed by atoms with Crippen molar-refractivity contribution in [3.05, 3.63) is 71.5 Å². The molecule has 0 radical (unpaired) electrons. The SMILES string of the molecule is COc1ccccc1CNC(=O)[C@@H](C)Sc1nccn1-c1cc(C)ccc1C. The summed E-state index contributed by atoms with van der Waals surface area (Å²) in [5.74, 6) is 0.736. The lowest BCUT2D eigenvalue weighted by Gasteiger charge is -2.15. The fraction of sp³-hybridized carbons (Fsp3) is 0.273. The summed E-state index contributed by atoms with van der Waals surface area (Å²) in [5.41, 5.74) is 4.39. The average Bonchev–Trinajstić information content (AvgIpc) is 3.15. The van der Waals surface area contributed by atoms with Gasteiger partial charge in [-0.2, -0.15) is 0 Å². The summed E-state index contributed by atoms with van der Waals surface area (Å²) in [7, 11) is 1.63. The highest BCUT2D eigenvalue weighted by molar-refractivity contribution is 8.00. The molecule has 0 saturated carbocycles. The molecule has 1 atom stereocenters. The van der Waals surface area contributed by atoms with Gasteiger partial charge in [-0.3, -0.25) is 9.36 Å². The van der Waals surface area contributed by atoms with Crippen molar-refractivity contribution in [2.45, 2.75) is 37.7 Å². The van der Waals surface area contributed by atoms with E-state index in [-0.39, 0.29) is 11.2 Å². The number of nitrogens with one attached hydrogen (secondary N) is 1. The number of rotatable bonds is 7. The number of methoxy groups -OCH3 is 1. The van der Waals surface area contributed by atoms with E-state index in [9.17, 15) is 4.79 Å². The van der Waals surface area contributed by atoms with Crippen LogP contribution in [0.4, 0.5) is 0 Å². The maximum absolute atomic E-state index is 12.6. The Bertz CT molecular complexity index is 968. The summed E-state index contributed by atoms with van der Waals surface area (Å²) >= 11 is 1.45. The van der Waals surface area contributed by atoms with E-state index in [1.54, 1.807) is 13.3 Å². The molecule has 0 aliphatic heterocycles. The van der Waals surface area contributed by atoms with E-state index in [1.165, 1.54) is 22.9 Å². The lowest BCUT2D eigenvalue weighted by molar-refractivity contribution is -0.120. The summed E-state index contributed by atoms with van der Waals surface area (Å²) in [6.45, 7) is 6.47. The molecule has 1 amide bonds. The van der Waals surface area contributed by atoms with E-state index in [0.29, 0.717) is 6.54 Å². The van der Waals surface area contributed by atoms with Crippen LogP contribution in [0.25, 0.3) is 5.69 Å². The molecular formula is C22H25N3O2S. The van der Waals surface area contributed by atoms with Crippen LogP contribution in [0.3, 0.4) is 0 Å². The smallest absolute Gasteiger partial charge is 0.233 e. The van der Waals surface area contributed by atoms with Gasteiger partial charge in [-0.05, 0) is 44.0 Å². The Balaban J connectivity index is 1.68. The summed E-state index contributed by atoms with van der Waals surface area (Å²) in [6.07, 6.45) is 3.70. The lowest BCUT2D eigenvalue weighted by atomic mass is 10.1. The number of carbonyl (C=O) groups excluding carboxylic acids is 1. The molecule has 0 unspecified atom stereocenters. The zero-order chi connectivity index (χ0) is 20.1. The van der Waals surface area contributed by atoms with Crippen LogP contribution in [0.2, 0.25) is 0 Å². The standard InChI is InChI=1S/C22H25N3O2S/c1-15-9-10-16(2)19(13-15)25-12-11-23-22(25)28-17(3)21(26)24-14-18-7-5-6-8-20(18)27-4/h5-13,17H,14H2,1-4H3,(H,24,26)/t17-/m1/s1. The Morgan fingerprint density at radius 1 is 1.25 bits per heavy atom. The second kappa shape index (κ2) is 8.97. The first-order chi connectivity index (χ1) is 13.5. The number of aryl methyl sites for hydroxylation is 2. The Labute approximate surface area is 170 Å². The molecule has 5 nitrogen and oxygen atoms in total. The van der Waals surface area contributed by atoms with Crippen molar-refractivity contribution in [3.8, 4) is 11.4 Å². The molecular weight excluding hydrogens is 370 g/mol. The third-order valence-electron chi connectivity index (χ3n) is 4.53. The van der Waals surface area contributed by atoms with Gasteiger partial charge < -0.3 is 10.1 Å². The molecule has 6 heteroatoms. The Hall–Kier alpha value is -2.73. The Morgan fingerprint density at radius 3 is 2.82 bits per heavy atom. The molecule has 2 aromatic carbocycles. The van der Waals surface area contributed by atoms with Gasteiger partial charge in [-0.1, -0.05) is 42.1 Å². The molecule has 1 aromatic heterocycles. The zero-order valence-corrected chi connectivity index (χ0v) is 17.4. The number of hydrogen-bond acceptors (Lipinski definition) is 4. The second-order valence-electron chi connectivity index (χ2n) is 6.66. The van der Waals surface area contributed by atoms with Gasteiger partial charge in [-0.25, -0.2) is 4.98 Å². The third kappa shape index (κ3) is 4.57. The van der Waals surface area contributed by atoms with E-state index in [1.807, 2.05) is 42.0 Å². The summed E-state index contributed by atoms with van der Waals surface area (Å²) in [6, 6.07) is 14.0. The van der Waals surface area contributed by atoms with Gasteiger partial charge in [0, 0.05) is 24.5 Å². The van der Waals surface area contributed by atoms with Crippen LogP contribution in [0, 0.1) is 13.8 Å². The van der Waals surface area contributed by atoms with Gasteiger partial charge in [-0.15, -0.1) is 0 Å². The van der Waals surface area contributed by atoms with E-state index < -0.39 is 0 Å². The largest absolute Gasteiger partial charge is 0.496 e. The maximum atomic E-state index is 12.6. The quantitative estimate of drug-likeness (QED) is 0.606. The molecule has 28 heavy (non-hydrogen) atoms. The van der Waals surface area contributed by atoms with Crippen LogP contribution in [0.1, 0.15) is 23.6 Å². The van der Waals surface area contributed by atoms with E-state index in [2.05, 4.69) is 42.3 Å². The van der Waals surface area contributed by atoms with Gasteiger partial charge in [0.1, 0.15) is 5.75 Å². The number of benzene rings is 2. The molecule has 146 valence electrons. The maximum Gasteiger partial charge on any atom is 0.233 e. The molecule has 0 aliphatic rings. The zero-order valence-electron chi connectivity index (χ0n) is 16.6. The first kappa shape index (κ1) is 20.0. The van der Waals surface area contributed by atoms with Gasteiger partial charge in [0.05, 0.1) is 18.0 Å². The molecule has 0 saturated heterocycles. The molecule has 0 fully saturated rings. The Morgan fingerprint density at radius 2 is 2.04 bits per heavy atom. The second-order valence-corrected chi connectivity index (χ2v) is 7.97. The van der Waals surface area contributed by atoms with Crippen LogP contribution in [-0.4, -0.2) is 27.8 Å². The number of para-hydroxylation sites is 1. The van der Waals surface area contributed by atoms with Gasteiger partial charge in [0.15, 0.2) is 5.16 Å². The van der Waals surface area contributed by atoms with E-state index in [4.69, 9.17) is 4.74 Å². The third-order valence-corrected chi connectivity index (χ3v) is 5.61. The average molecular weight is 396 g/mol. The lowest BCUT2D eigenvalue weighted by Crippen LogP contribution is -2.30. The van der Waals surface area contributed by atoms with Crippen LogP contribution in [0.15, 0.2) is 60.0 Å². The van der Waals surface area contributed by atoms with Crippen molar-refractivity contribution in [1.82, 2.24) is 14.9 Å². The minimum atomic E-state index is -0.277. The summed E-state index contributed by atoms with van der Waals surface area (Å²) in [5, 5.41) is 3.51. The summed E-state index contributed by atoms with van der Waals surface area (Å²) < 4.78 is 7.38. The monoisotopic (exact) mass is 395 g/mol. The number of carbonyl (C=O) groups is 1. The first-order valence-electron chi connectivity index (χ1n) is 9.17. The Kier molecular flexibility index (Phi) is 6.41. The van der Waals surface area contributed by atoms with Crippen LogP contribution < -0.4 is 10.1 Å². The molecule has 3 aromatic rings. The number of ether oxygens (including phenoxy) is 1. The minimum Gasteiger partial charge on any atom is -0.496 e. The normalized spacial score (nSPS) is 11.9. The predicted octanol–water partition coefficient (Wildman–Crippen LogP) is 4.29. The molecule has 0 spiro atoms. The number of amides is 1. The molecule has 0 bridgehead atoms. The van der Waals surface area contributed by atoms with Crippen LogP contribution in [-0.2, 0) is 11.3 Å². The number of hydrogen-bond donors (Lipinski definition) is 1. The molecule has 0 aliphatic carbocycles. The fourth-order valence-corrected chi connectivity index (χ4v) is 3.83. The number of aromatic nitrogens is 2. The van der Waals surface area contributed by atoms with Crippen LogP contribution >= 0.6 is 11.8 Å². The van der Waals surface area contributed by atoms with Gasteiger partial charge >= 0.3 is 0 Å². The van der Waals surface area contributed by atoms with Crippen molar-refractivity contribution in [2.75, 3.05) is 7.11 Å². The fourth-order valence-electron chi connectivity index (χ4n) is 2.93. The van der Waals surface area contributed by atoms with Crippen molar-refractivity contribution in [3.63, 3.8) is 0 Å². The van der Waals surface area contributed by atoms with Crippen molar-refractivity contribution in [2.24, 2.45) is 0 Å². The minimum absolute atomic E-state index is 0.0357. The highest BCUT2D eigenvalue weighted by atomic mass is 32.2. The van der Waals surface area contributed by atoms with Crippen LogP contribution in [0.5, 0.6) is 5.75 Å².